The number of rotatable bonds is 2. The van der Waals surface area contributed by atoms with Gasteiger partial charge < -0.3 is 9.84 Å². The summed E-state index contributed by atoms with van der Waals surface area (Å²) in [5.74, 6) is 0.178. The van der Waals surface area contributed by atoms with Crippen molar-refractivity contribution in [3.05, 3.63) is 29.1 Å². The molecule has 3 nitrogen and oxygen atoms in total. The van der Waals surface area contributed by atoms with Crippen LogP contribution in [0.25, 0.3) is 0 Å². The molecular weight excluding hydrogens is 228 g/mol. The predicted octanol–water partition coefficient (Wildman–Crippen LogP) is 2.19. The molecule has 0 aromatic carbocycles. The van der Waals surface area contributed by atoms with Gasteiger partial charge in [-0.1, -0.05) is 13.8 Å². The Morgan fingerprint density at radius 2 is 2.18 bits per heavy atom. The molecular formula is C12H15F2NO2. The van der Waals surface area contributed by atoms with Crippen LogP contribution in [0, 0.1) is 0 Å². The molecule has 2 rings (SSSR count). The summed E-state index contributed by atoms with van der Waals surface area (Å²) in [7, 11) is 0. The molecule has 1 aromatic rings. The lowest BCUT2D eigenvalue weighted by atomic mass is 9.89. The van der Waals surface area contributed by atoms with Crippen LogP contribution >= 0.6 is 0 Å². The molecule has 0 amide bonds. The van der Waals surface area contributed by atoms with E-state index in [0.717, 1.165) is 5.56 Å². The molecule has 0 fully saturated rings. The number of hydrogen-bond acceptors (Lipinski definition) is 3. The first kappa shape index (κ1) is 12.4. The molecule has 2 heterocycles. The third kappa shape index (κ3) is 2.05. The minimum atomic E-state index is -2.88. The van der Waals surface area contributed by atoms with Crippen molar-refractivity contribution in [1.82, 2.24) is 4.98 Å². The SMILES string of the molecule is CC(C)c1cnc2c(c1)C(O)(C(F)F)COC2. The molecule has 17 heavy (non-hydrogen) atoms. The zero-order valence-corrected chi connectivity index (χ0v) is 9.78. The summed E-state index contributed by atoms with van der Waals surface area (Å²) < 4.78 is 30.9. The number of pyridine rings is 1. The van der Waals surface area contributed by atoms with Crippen molar-refractivity contribution in [3.8, 4) is 0 Å². The second-order valence-corrected chi connectivity index (χ2v) is 4.64. The Balaban J connectivity index is 2.52. The van der Waals surface area contributed by atoms with Gasteiger partial charge in [-0.3, -0.25) is 4.98 Å². The molecule has 0 bridgehead atoms. The van der Waals surface area contributed by atoms with Crippen LogP contribution in [0.4, 0.5) is 8.78 Å². The molecule has 0 saturated heterocycles. The lowest BCUT2D eigenvalue weighted by molar-refractivity contribution is -0.157. The molecule has 0 aliphatic carbocycles. The first-order chi connectivity index (χ1) is 7.95. The summed E-state index contributed by atoms with van der Waals surface area (Å²) in [4.78, 5) is 4.10. The fraction of sp³-hybridized carbons (Fsp3) is 0.583. The molecule has 1 unspecified atom stereocenters. The molecule has 0 radical (unpaired) electrons. The number of nitrogens with zero attached hydrogens (tertiary/aromatic N) is 1. The van der Waals surface area contributed by atoms with Gasteiger partial charge in [0, 0.05) is 11.8 Å². The van der Waals surface area contributed by atoms with Crippen molar-refractivity contribution < 1.29 is 18.6 Å². The van der Waals surface area contributed by atoms with Crippen molar-refractivity contribution in [2.45, 2.75) is 38.4 Å². The number of fused-ring (bicyclic) bond motifs is 1. The van der Waals surface area contributed by atoms with Crippen molar-refractivity contribution in [2.24, 2.45) is 0 Å². The van der Waals surface area contributed by atoms with E-state index in [1.54, 1.807) is 12.3 Å². The third-order valence-electron chi connectivity index (χ3n) is 3.05. The van der Waals surface area contributed by atoms with Crippen LogP contribution in [-0.2, 0) is 16.9 Å². The van der Waals surface area contributed by atoms with Gasteiger partial charge in [-0.25, -0.2) is 8.78 Å². The summed E-state index contributed by atoms with van der Waals surface area (Å²) in [6.45, 7) is 3.68. The molecule has 1 atom stereocenters. The lowest BCUT2D eigenvalue weighted by Gasteiger charge is -2.33. The maximum absolute atomic E-state index is 13.0. The maximum Gasteiger partial charge on any atom is 0.273 e. The van der Waals surface area contributed by atoms with Crippen molar-refractivity contribution >= 4 is 0 Å². The van der Waals surface area contributed by atoms with E-state index >= 15 is 0 Å². The van der Waals surface area contributed by atoms with E-state index in [9.17, 15) is 13.9 Å². The molecule has 1 aliphatic heterocycles. The van der Waals surface area contributed by atoms with E-state index in [1.165, 1.54) is 0 Å². The highest BCUT2D eigenvalue weighted by molar-refractivity contribution is 5.34. The number of hydrogen-bond donors (Lipinski definition) is 1. The van der Waals surface area contributed by atoms with Crippen LogP contribution < -0.4 is 0 Å². The average Bonchev–Trinajstić information content (AvgIpc) is 2.28. The van der Waals surface area contributed by atoms with Gasteiger partial charge in [-0.05, 0) is 17.5 Å². The molecule has 1 N–H and O–H groups in total. The fourth-order valence-corrected chi connectivity index (χ4v) is 1.88. The van der Waals surface area contributed by atoms with E-state index in [-0.39, 0.29) is 24.7 Å². The Bertz CT molecular complexity index is 423. The maximum atomic E-state index is 13.0. The number of halogens is 2. The summed E-state index contributed by atoms with van der Waals surface area (Å²) in [6, 6.07) is 1.61. The van der Waals surface area contributed by atoms with Gasteiger partial charge in [-0.2, -0.15) is 0 Å². The lowest BCUT2D eigenvalue weighted by Crippen LogP contribution is -2.43. The number of alkyl halides is 2. The van der Waals surface area contributed by atoms with Crippen LogP contribution in [0.1, 0.15) is 36.6 Å². The van der Waals surface area contributed by atoms with Crippen LogP contribution in [0.5, 0.6) is 0 Å². The first-order valence-electron chi connectivity index (χ1n) is 5.52. The van der Waals surface area contributed by atoms with E-state index in [2.05, 4.69) is 4.98 Å². The van der Waals surface area contributed by atoms with Crippen LogP contribution in [0.15, 0.2) is 12.3 Å². The van der Waals surface area contributed by atoms with Gasteiger partial charge in [0.2, 0.25) is 0 Å². The molecule has 1 aliphatic rings. The molecule has 5 heteroatoms. The van der Waals surface area contributed by atoms with Gasteiger partial charge >= 0.3 is 0 Å². The second-order valence-electron chi connectivity index (χ2n) is 4.64. The van der Waals surface area contributed by atoms with Crippen molar-refractivity contribution in [3.63, 3.8) is 0 Å². The smallest absolute Gasteiger partial charge is 0.273 e. The van der Waals surface area contributed by atoms with Crippen LogP contribution in [0.2, 0.25) is 0 Å². The Hall–Kier alpha value is -1.07. The Kier molecular flexibility index (Phi) is 3.14. The zero-order valence-electron chi connectivity index (χ0n) is 9.78. The van der Waals surface area contributed by atoms with E-state index in [1.807, 2.05) is 13.8 Å². The number of aliphatic hydroxyl groups is 1. The minimum absolute atomic E-state index is 0.169. The van der Waals surface area contributed by atoms with Crippen LogP contribution in [0.3, 0.4) is 0 Å². The summed E-state index contributed by atoms with van der Waals surface area (Å²) in [5, 5.41) is 9.99. The van der Waals surface area contributed by atoms with Crippen molar-refractivity contribution in [1.29, 1.82) is 0 Å². The predicted molar refractivity (Wildman–Crippen MR) is 57.9 cm³/mol. The topological polar surface area (TPSA) is 42.4 Å². The second kappa shape index (κ2) is 4.31. The van der Waals surface area contributed by atoms with Gasteiger partial charge in [-0.15, -0.1) is 0 Å². The normalized spacial score (nSPS) is 24.2. The first-order valence-corrected chi connectivity index (χ1v) is 5.52. The van der Waals surface area contributed by atoms with E-state index in [0.29, 0.717) is 5.69 Å². The number of ether oxygens (including phenoxy) is 1. The highest BCUT2D eigenvalue weighted by atomic mass is 19.3. The van der Waals surface area contributed by atoms with Crippen molar-refractivity contribution in [2.75, 3.05) is 6.61 Å². The standard InChI is InChI=1S/C12H15F2NO2/c1-7(2)8-3-9-10(15-4-8)5-17-6-12(9,16)11(13)14/h3-4,7,11,16H,5-6H2,1-2H3. The van der Waals surface area contributed by atoms with Gasteiger partial charge in [0.25, 0.3) is 6.43 Å². The van der Waals surface area contributed by atoms with E-state index < -0.39 is 12.0 Å². The fourth-order valence-electron chi connectivity index (χ4n) is 1.88. The third-order valence-corrected chi connectivity index (χ3v) is 3.05. The van der Waals surface area contributed by atoms with E-state index in [4.69, 9.17) is 4.74 Å². The quantitative estimate of drug-likeness (QED) is 0.865. The Labute approximate surface area is 98.4 Å². The Morgan fingerprint density at radius 1 is 1.47 bits per heavy atom. The number of aromatic nitrogens is 1. The monoisotopic (exact) mass is 243 g/mol. The average molecular weight is 243 g/mol. The molecule has 0 saturated carbocycles. The molecule has 1 aromatic heterocycles. The van der Waals surface area contributed by atoms with Gasteiger partial charge in [0.15, 0.2) is 5.60 Å². The van der Waals surface area contributed by atoms with Crippen LogP contribution in [-0.4, -0.2) is 23.1 Å². The largest absolute Gasteiger partial charge is 0.377 e. The van der Waals surface area contributed by atoms with Gasteiger partial charge in [0.1, 0.15) is 0 Å². The molecule has 94 valence electrons. The molecule has 0 spiro atoms. The minimum Gasteiger partial charge on any atom is -0.377 e. The zero-order chi connectivity index (χ0) is 12.6. The summed E-state index contributed by atoms with van der Waals surface area (Å²) in [5.41, 5.74) is -0.802. The highest BCUT2D eigenvalue weighted by Gasteiger charge is 2.44. The van der Waals surface area contributed by atoms with Gasteiger partial charge in [0.05, 0.1) is 18.9 Å². The highest BCUT2D eigenvalue weighted by Crippen LogP contribution is 2.35. The Morgan fingerprint density at radius 3 is 2.76 bits per heavy atom. The summed E-state index contributed by atoms with van der Waals surface area (Å²) in [6.07, 6.45) is -1.24. The summed E-state index contributed by atoms with van der Waals surface area (Å²) >= 11 is 0.